The summed E-state index contributed by atoms with van der Waals surface area (Å²) in [5, 5.41) is 10.6. The van der Waals surface area contributed by atoms with Crippen LogP contribution in [0.3, 0.4) is 0 Å². The number of thioether (sulfide) groups is 1. The lowest BCUT2D eigenvalue weighted by atomic mass is 10.3. The van der Waals surface area contributed by atoms with Gasteiger partial charge in [-0.15, -0.1) is 11.8 Å². The van der Waals surface area contributed by atoms with Gasteiger partial charge in [-0.05, 0) is 24.6 Å². The molecule has 0 saturated heterocycles. The lowest BCUT2D eigenvalue weighted by Gasteiger charge is -1.93. The third-order valence-electron chi connectivity index (χ3n) is 1.53. The number of hydrogen-bond acceptors (Lipinski definition) is 4. The van der Waals surface area contributed by atoms with Gasteiger partial charge in [0.1, 0.15) is 11.0 Å². The second-order valence-corrected chi connectivity index (χ2v) is 3.00. The van der Waals surface area contributed by atoms with Crippen LogP contribution in [-0.4, -0.2) is 27.9 Å². The van der Waals surface area contributed by atoms with Crippen molar-refractivity contribution in [3.63, 3.8) is 0 Å². The van der Waals surface area contributed by atoms with Gasteiger partial charge in [-0.25, -0.2) is 0 Å². The number of fused-ring (bicyclic) bond motifs is 1. The average molecular weight is 213 g/mol. The van der Waals surface area contributed by atoms with E-state index in [4.69, 9.17) is 0 Å². The van der Waals surface area contributed by atoms with Crippen LogP contribution in [0.25, 0.3) is 11.0 Å². The molecule has 1 N–H and O–H groups in total. The molecule has 2 aromatic rings. The number of aromatic amines is 1. The van der Waals surface area contributed by atoms with E-state index < -0.39 is 0 Å². The Balaban J connectivity index is 0.000000396. The second-order valence-electron chi connectivity index (χ2n) is 2.15. The predicted molar refractivity (Wildman–Crippen MR) is 60.6 cm³/mol. The van der Waals surface area contributed by atoms with E-state index in [2.05, 4.69) is 28.0 Å². The van der Waals surface area contributed by atoms with Crippen molar-refractivity contribution in [2.45, 2.75) is 4.90 Å². The van der Waals surface area contributed by atoms with Gasteiger partial charge in [-0.2, -0.15) is 28.0 Å². The summed E-state index contributed by atoms with van der Waals surface area (Å²) in [4.78, 5) is 1.16. The van der Waals surface area contributed by atoms with E-state index in [-0.39, 0.29) is 0 Å². The minimum atomic E-state index is 0.928. The molecule has 3 nitrogen and oxygen atoms in total. The van der Waals surface area contributed by atoms with Crippen molar-refractivity contribution in [1.82, 2.24) is 15.4 Å². The van der Waals surface area contributed by atoms with Crippen LogP contribution in [0, 0.1) is 0 Å². The Kier molecular flexibility index (Phi) is 4.11. The van der Waals surface area contributed by atoms with Crippen molar-refractivity contribution in [3.05, 3.63) is 18.2 Å². The molecule has 13 heavy (non-hydrogen) atoms. The molecule has 0 fully saturated rings. The molecule has 1 aromatic heterocycles. The summed E-state index contributed by atoms with van der Waals surface area (Å²) < 4.78 is 0. The second kappa shape index (κ2) is 5.14. The Morgan fingerprint density at radius 2 is 2.08 bits per heavy atom. The van der Waals surface area contributed by atoms with Gasteiger partial charge in [0.15, 0.2) is 0 Å². The number of nitrogens with zero attached hydrogens (tertiary/aromatic N) is 2. The van der Waals surface area contributed by atoms with Crippen LogP contribution < -0.4 is 0 Å². The first kappa shape index (κ1) is 10.4. The van der Waals surface area contributed by atoms with Crippen molar-refractivity contribution >= 4 is 35.4 Å². The molecule has 0 aliphatic carbocycles. The number of benzene rings is 1. The van der Waals surface area contributed by atoms with Crippen molar-refractivity contribution in [3.8, 4) is 0 Å². The van der Waals surface area contributed by atoms with Gasteiger partial charge in [-0.3, -0.25) is 0 Å². The first-order chi connectivity index (χ1) is 6.42. The molecule has 2 rings (SSSR count). The molecule has 70 valence electrons. The maximum atomic E-state index is 4.03. The largest absolute Gasteiger partial charge is 0.197 e. The molecule has 0 bridgehead atoms. The zero-order valence-corrected chi connectivity index (χ0v) is 9.19. The molecular formula is C8H11N3S2. The van der Waals surface area contributed by atoms with Crippen LogP contribution in [0.15, 0.2) is 23.1 Å². The Morgan fingerprint density at radius 3 is 2.77 bits per heavy atom. The quantitative estimate of drug-likeness (QED) is 0.564. The topological polar surface area (TPSA) is 41.6 Å². The van der Waals surface area contributed by atoms with Crippen LogP contribution in [0.5, 0.6) is 0 Å². The van der Waals surface area contributed by atoms with Gasteiger partial charge in [0.25, 0.3) is 0 Å². The van der Waals surface area contributed by atoms with Crippen LogP contribution in [0.2, 0.25) is 0 Å². The fourth-order valence-electron chi connectivity index (χ4n) is 1.01. The highest BCUT2D eigenvalue weighted by Crippen LogP contribution is 2.21. The van der Waals surface area contributed by atoms with Crippen molar-refractivity contribution in [1.29, 1.82) is 0 Å². The van der Waals surface area contributed by atoms with Crippen molar-refractivity contribution < 1.29 is 0 Å². The van der Waals surface area contributed by atoms with Gasteiger partial charge >= 0.3 is 0 Å². The molecule has 0 atom stereocenters. The minimum absolute atomic E-state index is 0.928. The molecule has 0 radical (unpaired) electrons. The van der Waals surface area contributed by atoms with E-state index >= 15 is 0 Å². The average Bonchev–Trinajstić information content (AvgIpc) is 2.68. The molecule has 1 heterocycles. The van der Waals surface area contributed by atoms with E-state index in [9.17, 15) is 0 Å². The van der Waals surface area contributed by atoms with Crippen LogP contribution >= 0.6 is 24.4 Å². The lowest BCUT2D eigenvalue weighted by Crippen LogP contribution is -1.73. The van der Waals surface area contributed by atoms with Gasteiger partial charge in [0.05, 0.1) is 0 Å². The van der Waals surface area contributed by atoms with E-state index in [0.717, 1.165) is 15.9 Å². The fraction of sp³-hybridized carbons (Fsp3) is 0.250. The molecule has 5 heteroatoms. The SMILES string of the molecule is CS.CSc1cccc2n[nH]nc12. The van der Waals surface area contributed by atoms with Gasteiger partial charge in [-0.1, -0.05) is 6.07 Å². The highest BCUT2D eigenvalue weighted by atomic mass is 32.2. The Labute approximate surface area is 86.7 Å². The van der Waals surface area contributed by atoms with E-state index in [1.54, 1.807) is 18.0 Å². The number of H-pyrrole nitrogens is 1. The summed E-state index contributed by atoms with van der Waals surface area (Å²) in [6.07, 6.45) is 3.73. The monoisotopic (exact) mass is 213 g/mol. The molecule has 0 aliphatic heterocycles. The first-order valence-corrected chi connectivity index (χ1v) is 5.82. The Hall–Kier alpha value is -0.680. The zero-order valence-electron chi connectivity index (χ0n) is 7.48. The highest BCUT2D eigenvalue weighted by Gasteiger charge is 2.01. The summed E-state index contributed by atoms with van der Waals surface area (Å²) in [6, 6.07) is 5.96. The molecule has 0 saturated carbocycles. The third-order valence-corrected chi connectivity index (χ3v) is 2.30. The number of hydrogen-bond donors (Lipinski definition) is 2. The maximum Gasteiger partial charge on any atom is 0.126 e. The van der Waals surface area contributed by atoms with Gasteiger partial charge in [0.2, 0.25) is 0 Å². The number of nitrogens with one attached hydrogen (secondary N) is 1. The minimum Gasteiger partial charge on any atom is -0.197 e. The molecule has 0 unspecified atom stereocenters. The van der Waals surface area contributed by atoms with Gasteiger partial charge < -0.3 is 0 Å². The molecule has 0 aliphatic rings. The summed E-state index contributed by atoms with van der Waals surface area (Å²) in [6.45, 7) is 0. The summed E-state index contributed by atoms with van der Waals surface area (Å²) >= 11 is 5.21. The smallest absolute Gasteiger partial charge is 0.126 e. The van der Waals surface area contributed by atoms with E-state index in [1.165, 1.54) is 0 Å². The molecule has 0 spiro atoms. The first-order valence-electron chi connectivity index (χ1n) is 3.70. The number of thiol groups is 1. The number of rotatable bonds is 1. The zero-order chi connectivity index (χ0) is 9.68. The van der Waals surface area contributed by atoms with Gasteiger partial charge in [0, 0.05) is 4.90 Å². The van der Waals surface area contributed by atoms with Crippen LogP contribution in [-0.2, 0) is 0 Å². The Bertz CT molecular complexity index is 372. The summed E-state index contributed by atoms with van der Waals surface area (Å²) in [5.41, 5.74) is 1.89. The van der Waals surface area contributed by atoms with Crippen LogP contribution in [0.4, 0.5) is 0 Å². The van der Waals surface area contributed by atoms with Crippen molar-refractivity contribution in [2.75, 3.05) is 12.5 Å². The maximum absolute atomic E-state index is 4.03. The standard InChI is InChI=1S/C7H7N3S.CH4S/c1-11-6-4-2-3-5-7(6)9-10-8-5;1-2/h2-4H,1H3,(H,8,9,10);2H,1H3. The van der Waals surface area contributed by atoms with Crippen LogP contribution in [0.1, 0.15) is 0 Å². The highest BCUT2D eigenvalue weighted by molar-refractivity contribution is 7.98. The molecule has 1 aromatic carbocycles. The van der Waals surface area contributed by atoms with E-state index in [1.807, 2.05) is 24.5 Å². The third kappa shape index (κ3) is 2.16. The predicted octanol–water partition coefficient (Wildman–Crippen LogP) is 2.23. The Morgan fingerprint density at radius 1 is 1.31 bits per heavy atom. The fourth-order valence-corrected chi connectivity index (χ4v) is 1.57. The number of aromatic nitrogens is 3. The molecule has 0 amide bonds. The van der Waals surface area contributed by atoms with Crippen molar-refractivity contribution in [2.24, 2.45) is 0 Å². The molecular weight excluding hydrogens is 202 g/mol. The number of para-hydroxylation sites is 1. The normalized spacial score (nSPS) is 9.46. The summed E-state index contributed by atoms with van der Waals surface area (Å²) in [7, 11) is 0. The lowest BCUT2D eigenvalue weighted by molar-refractivity contribution is 0.957. The summed E-state index contributed by atoms with van der Waals surface area (Å²) in [5.74, 6) is 0. The van der Waals surface area contributed by atoms with E-state index in [0.29, 0.717) is 0 Å².